The number of sulfone groups is 1. The van der Waals surface area contributed by atoms with Crippen LogP contribution in [0.25, 0.3) is 32.0 Å². The number of hydrogen-bond donors (Lipinski definition) is 1. The van der Waals surface area contributed by atoms with Crippen LogP contribution in [0.15, 0.2) is 46.1 Å². The molecule has 2 aliphatic heterocycles. The van der Waals surface area contributed by atoms with Gasteiger partial charge in [0, 0.05) is 47.7 Å². The zero-order valence-electron chi connectivity index (χ0n) is 27.2. The molecule has 5 aromatic rings. The summed E-state index contributed by atoms with van der Waals surface area (Å²) in [6, 6.07) is 8.29. The molecule has 1 aliphatic carbocycles. The Kier molecular flexibility index (Phi) is 8.16. The fourth-order valence-corrected chi connectivity index (χ4v) is 10.9. The molecule has 7 heterocycles. The summed E-state index contributed by atoms with van der Waals surface area (Å²) in [4.78, 5) is 20.1. The van der Waals surface area contributed by atoms with Crippen molar-refractivity contribution in [3.8, 4) is 27.9 Å². The molecule has 1 fully saturated rings. The van der Waals surface area contributed by atoms with Gasteiger partial charge in [-0.15, -0.1) is 11.3 Å². The molecule has 2 atom stereocenters. The number of anilines is 1. The Balaban J connectivity index is 1.32. The van der Waals surface area contributed by atoms with Gasteiger partial charge < -0.3 is 19.3 Å². The first-order chi connectivity index (χ1) is 23.3. The molecule has 0 saturated carbocycles. The fraction of sp³-hybridized carbons (Fsp3) is 0.457. The molecule has 250 valence electrons. The van der Waals surface area contributed by atoms with Gasteiger partial charge in [0.05, 0.1) is 45.5 Å². The van der Waals surface area contributed by atoms with Crippen molar-refractivity contribution in [1.82, 2.24) is 25.1 Å². The van der Waals surface area contributed by atoms with Crippen LogP contribution in [0, 0.1) is 11.8 Å². The Morgan fingerprint density at radius 1 is 1.08 bits per heavy atom. The van der Waals surface area contributed by atoms with Crippen molar-refractivity contribution in [2.24, 2.45) is 11.8 Å². The molecule has 0 spiro atoms. The monoisotopic (exact) mass is 686 g/mol. The predicted molar refractivity (Wildman–Crippen MR) is 183 cm³/mol. The van der Waals surface area contributed by atoms with Crippen molar-refractivity contribution < 1.29 is 22.4 Å². The average molecular weight is 687 g/mol. The van der Waals surface area contributed by atoms with Gasteiger partial charge in [0.15, 0.2) is 9.84 Å². The summed E-state index contributed by atoms with van der Waals surface area (Å²) >= 11 is 1.52. The summed E-state index contributed by atoms with van der Waals surface area (Å²) in [6.07, 6.45) is 8.99. The molecule has 0 amide bonds. The number of hydrogen-bond acceptors (Lipinski definition) is 12. The van der Waals surface area contributed by atoms with E-state index < -0.39 is 9.84 Å². The lowest BCUT2D eigenvalue weighted by molar-refractivity contribution is 0.0639. The Hall–Kier alpha value is -3.94. The van der Waals surface area contributed by atoms with Crippen LogP contribution in [0.4, 0.5) is 5.82 Å². The first kappa shape index (κ1) is 31.3. The van der Waals surface area contributed by atoms with Gasteiger partial charge in [-0.05, 0) is 84.7 Å². The number of nitrogens with zero attached hydrogens (tertiary/aromatic N) is 5. The Morgan fingerprint density at radius 3 is 2.73 bits per heavy atom. The van der Waals surface area contributed by atoms with Gasteiger partial charge in [-0.3, -0.25) is 9.97 Å². The molecule has 0 aromatic carbocycles. The van der Waals surface area contributed by atoms with E-state index in [1.54, 1.807) is 6.20 Å². The minimum atomic E-state index is -3.69. The van der Waals surface area contributed by atoms with E-state index in [4.69, 9.17) is 24.0 Å². The molecule has 1 saturated heterocycles. The highest BCUT2D eigenvalue weighted by molar-refractivity contribution is 7.92. The van der Waals surface area contributed by atoms with Crippen LogP contribution in [0.3, 0.4) is 0 Å². The molecule has 13 heteroatoms. The van der Waals surface area contributed by atoms with E-state index in [9.17, 15) is 8.42 Å². The van der Waals surface area contributed by atoms with E-state index in [1.807, 2.05) is 18.3 Å². The maximum Gasteiger partial charge on any atom is 0.354 e. The maximum absolute atomic E-state index is 14.2. The van der Waals surface area contributed by atoms with Gasteiger partial charge in [0.2, 0.25) is 0 Å². The second kappa shape index (κ2) is 12.5. The molecular formula is C35H38N6O5S2. The second-order valence-corrected chi connectivity index (χ2v) is 16.3. The third kappa shape index (κ3) is 5.55. The van der Waals surface area contributed by atoms with Crippen molar-refractivity contribution in [2.45, 2.75) is 69.2 Å². The largest absolute Gasteiger partial charge is 0.465 e. The lowest BCUT2D eigenvalue weighted by atomic mass is 9.89. The van der Waals surface area contributed by atoms with Gasteiger partial charge in [-0.1, -0.05) is 19.9 Å². The quantitative estimate of drug-likeness (QED) is 0.175. The van der Waals surface area contributed by atoms with Crippen LogP contribution in [-0.4, -0.2) is 59.6 Å². The second-order valence-electron chi connectivity index (χ2n) is 13.3. The highest BCUT2D eigenvalue weighted by Gasteiger charge is 2.43. The summed E-state index contributed by atoms with van der Waals surface area (Å²) in [5, 5.41) is 8.67. The van der Waals surface area contributed by atoms with E-state index >= 15 is 0 Å². The summed E-state index contributed by atoms with van der Waals surface area (Å²) < 4.78 is 46.0. The highest BCUT2D eigenvalue weighted by Crippen LogP contribution is 2.51. The van der Waals surface area contributed by atoms with E-state index in [2.05, 4.69) is 46.4 Å². The molecule has 0 bridgehead atoms. The van der Waals surface area contributed by atoms with Gasteiger partial charge in [-0.2, -0.15) is 4.98 Å². The third-order valence-corrected chi connectivity index (χ3v) is 13.0. The number of rotatable bonds is 9. The molecule has 8 rings (SSSR count). The van der Waals surface area contributed by atoms with E-state index in [0.717, 1.165) is 77.5 Å². The van der Waals surface area contributed by atoms with E-state index in [0.29, 0.717) is 29.2 Å². The zero-order chi connectivity index (χ0) is 33.0. The first-order valence-corrected chi connectivity index (χ1v) is 19.1. The van der Waals surface area contributed by atoms with Crippen LogP contribution in [0.2, 0.25) is 0 Å². The van der Waals surface area contributed by atoms with Crippen LogP contribution >= 0.6 is 11.3 Å². The van der Waals surface area contributed by atoms with Crippen molar-refractivity contribution in [3.05, 3.63) is 59.3 Å². The summed E-state index contributed by atoms with van der Waals surface area (Å²) in [5.41, 5.74) is 4.86. The first-order valence-electron chi connectivity index (χ1n) is 16.6. The van der Waals surface area contributed by atoms with Gasteiger partial charge in [-0.25, -0.2) is 13.4 Å². The SMILES string of the molecule is COc1noc(-c2c(CCC3CCOCC3)nc3c(c2-c2cc4ccnc(N[C@@H]5CCc6ncccc65)c4s2)S(=O)(=O)C[C@H]3C(C)C)n1. The van der Waals surface area contributed by atoms with Crippen molar-refractivity contribution >= 4 is 37.1 Å². The predicted octanol–water partition coefficient (Wildman–Crippen LogP) is 6.80. The van der Waals surface area contributed by atoms with Crippen molar-refractivity contribution in [1.29, 1.82) is 0 Å². The fourth-order valence-electron chi connectivity index (χ4n) is 7.45. The van der Waals surface area contributed by atoms with Crippen LogP contribution in [0.1, 0.15) is 74.1 Å². The highest BCUT2D eigenvalue weighted by atomic mass is 32.2. The number of nitrogens with one attached hydrogen (secondary N) is 1. The van der Waals surface area contributed by atoms with Crippen molar-refractivity contribution in [3.63, 3.8) is 0 Å². The van der Waals surface area contributed by atoms with Gasteiger partial charge in [0.25, 0.3) is 5.89 Å². The third-order valence-electron chi connectivity index (χ3n) is 10.0. The van der Waals surface area contributed by atoms with E-state index in [-0.39, 0.29) is 40.4 Å². The van der Waals surface area contributed by atoms with E-state index in [1.165, 1.54) is 24.0 Å². The number of aromatic nitrogens is 5. The van der Waals surface area contributed by atoms with Crippen LogP contribution in [0.5, 0.6) is 6.01 Å². The van der Waals surface area contributed by atoms with Crippen LogP contribution in [-0.2, 0) is 27.4 Å². The number of thiophene rings is 1. The number of methoxy groups -OCH3 is 1. The lowest BCUT2D eigenvalue weighted by Gasteiger charge is -2.23. The van der Waals surface area contributed by atoms with Crippen molar-refractivity contribution in [2.75, 3.05) is 31.4 Å². The summed E-state index contributed by atoms with van der Waals surface area (Å²) in [5.74, 6) is 1.34. The van der Waals surface area contributed by atoms with Gasteiger partial charge in [0.1, 0.15) is 5.82 Å². The van der Waals surface area contributed by atoms with Crippen LogP contribution < -0.4 is 10.1 Å². The molecule has 48 heavy (non-hydrogen) atoms. The summed E-state index contributed by atoms with van der Waals surface area (Å²) in [7, 11) is -2.21. The summed E-state index contributed by atoms with van der Waals surface area (Å²) in [6.45, 7) is 5.64. The van der Waals surface area contributed by atoms with Gasteiger partial charge >= 0.3 is 6.01 Å². The lowest BCUT2D eigenvalue weighted by Crippen LogP contribution is -2.17. The standard InChI is InChI=1S/C35H38N6O5S2/c1-19(2)23-18-48(42,43)32-29(27-17-21-10-14-37-33(31(21)47-27)39-25-9-8-24-22(25)5-4-13-36-24)28(34-40-35(44-3)41-46-34)26(38-30(23)32)7-6-20-11-15-45-16-12-20/h4-5,10,13-14,17,19-20,23,25H,6-9,11-12,15-16,18H2,1-3H3,(H,37,39)/t23-,25+/m0/s1. The number of ether oxygens (including phenoxy) is 2. The maximum atomic E-state index is 14.2. The number of pyridine rings is 3. The normalized spacial score (nSPS) is 20.3. The molecule has 1 N–H and O–H groups in total. The smallest absolute Gasteiger partial charge is 0.354 e. The molecule has 3 aliphatic rings. The Morgan fingerprint density at radius 2 is 1.94 bits per heavy atom. The topological polar surface area (TPSA) is 142 Å². The molecule has 0 radical (unpaired) electrons. The molecule has 11 nitrogen and oxygen atoms in total. The minimum absolute atomic E-state index is 0.0182. The average Bonchev–Trinajstić information content (AvgIpc) is 3.89. The number of fused-ring (bicyclic) bond motifs is 3. The molecule has 5 aromatic heterocycles. The Bertz CT molecular complexity index is 2100. The minimum Gasteiger partial charge on any atom is -0.465 e. The molecule has 0 unspecified atom stereocenters. The Labute approximate surface area is 283 Å². The zero-order valence-corrected chi connectivity index (χ0v) is 28.9. The number of aryl methyl sites for hydroxylation is 2. The molecular weight excluding hydrogens is 649 g/mol.